The molecule has 1 atom stereocenters. The minimum absolute atomic E-state index is 0.0976. The summed E-state index contributed by atoms with van der Waals surface area (Å²) in [6.45, 7) is 0.595. The van der Waals surface area contributed by atoms with Gasteiger partial charge in [0, 0.05) is 15.4 Å². The largest absolute Gasteiger partial charge is 0.489 e. The van der Waals surface area contributed by atoms with Crippen molar-refractivity contribution < 1.29 is 9.15 Å². The van der Waals surface area contributed by atoms with Gasteiger partial charge in [-0.3, -0.25) is 0 Å². The Hall–Kier alpha value is -1.94. The van der Waals surface area contributed by atoms with Crippen LogP contribution in [-0.4, -0.2) is 6.61 Å². The fourth-order valence-electron chi connectivity index (χ4n) is 2.58. The molecule has 4 rings (SSSR count). The molecule has 20 heavy (non-hydrogen) atoms. The molecule has 0 saturated carbocycles. The fraction of sp³-hybridized carbons (Fsp3) is 0.125. The molecule has 0 spiro atoms. The van der Waals surface area contributed by atoms with Gasteiger partial charge < -0.3 is 14.5 Å². The zero-order chi connectivity index (χ0) is 13.5. The van der Waals surface area contributed by atoms with Gasteiger partial charge in [-0.05, 0) is 24.3 Å². The smallest absolute Gasteiger partial charge is 0.142 e. The first-order chi connectivity index (χ1) is 9.81. The molecule has 0 radical (unpaired) electrons. The summed E-state index contributed by atoms with van der Waals surface area (Å²) >= 11 is 3.48. The number of rotatable bonds is 1. The maximum Gasteiger partial charge on any atom is 0.142 e. The van der Waals surface area contributed by atoms with E-state index in [1.54, 1.807) is 0 Å². The van der Waals surface area contributed by atoms with Gasteiger partial charge in [0.1, 0.15) is 17.9 Å². The Morgan fingerprint density at radius 2 is 2.05 bits per heavy atom. The first kappa shape index (κ1) is 11.9. The Balaban J connectivity index is 1.74. The van der Waals surface area contributed by atoms with E-state index in [4.69, 9.17) is 9.15 Å². The summed E-state index contributed by atoms with van der Waals surface area (Å²) in [6, 6.07) is 14.1. The SMILES string of the molecule is Brc1ccc2c(c1)NC(c1coc3ccccc13)CO2. The molecule has 1 aromatic heterocycles. The second-order valence-electron chi connectivity index (χ2n) is 4.84. The maximum absolute atomic E-state index is 5.84. The average molecular weight is 330 g/mol. The third-order valence-corrected chi connectivity index (χ3v) is 4.06. The molecular weight excluding hydrogens is 318 g/mol. The number of benzene rings is 2. The van der Waals surface area contributed by atoms with Crippen LogP contribution >= 0.6 is 15.9 Å². The van der Waals surface area contributed by atoms with Crippen molar-refractivity contribution in [3.8, 4) is 5.75 Å². The van der Waals surface area contributed by atoms with Gasteiger partial charge in [0.2, 0.25) is 0 Å². The van der Waals surface area contributed by atoms with Crippen molar-refractivity contribution in [2.75, 3.05) is 11.9 Å². The molecule has 0 amide bonds. The van der Waals surface area contributed by atoms with E-state index in [2.05, 4.69) is 27.3 Å². The van der Waals surface area contributed by atoms with Gasteiger partial charge in [-0.2, -0.15) is 0 Å². The van der Waals surface area contributed by atoms with Gasteiger partial charge >= 0.3 is 0 Å². The van der Waals surface area contributed by atoms with E-state index in [0.29, 0.717) is 6.61 Å². The number of halogens is 1. The minimum Gasteiger partial charge on any atom is -0.489 e. The zero-order valence-corrected chi connectivity index (χ0v) is 12.2. The van der Waals surface area contributed by atoms with Gasteiger partial charge in [0.25, 0.3) is 0 Å². The lowest BCUT2D eigenvalue weighted by molar-refractivity contribution is 0.286. The molecule has 1 unspecified atom stereocenters. The van der Waals surface area contributed by atoms with E-state index in [9.17, 15) is 0 Å². The standard InChI is InChI=1S/C16H12BrNO2/c17-10-5-6-16-13(7-10)18-14(9-20-16)12-8-19-15-4-2-1-3-11(12)15/h1-8,14,18H,9H2. The van der Waals surface area contributed by atoms with Crippen LogP contribution in [-0.2, 0) is 0 Å². The summed E-state index contributed by atoms with van der Waals surface area (Å²) in [5.74, 6) is 0.886. The Labute approximate surface area is 124 Å². The molecule has 0 bridgehead atoms. The van der Waals surface area contributed by atoms with Crippen molar-refractivity contribution in [3.63, 3.8) is 0 Å². The van der Waals surface area contributed by atoms with Crippen LogP contribution in [0.25, 0.3) is 11.0 Å². The molecule has 1 N–H and O–H groups in total. The highest BCUT2D eigenvalue weighted by Gasteiger charge is 2.23. The molecule has 2 heterocycles. The van der Waals surface area contributed by atoms with E-state index < -0.39 is 0 Å². The van der Waals surface area contributed by atoms with E-state index in [0.717, 1.165) is 32.4 Å². The number of nitrogens with one attached hydrogen (secondary N) is 1. The van der Waals surface area contributed by atoms with E-state index >= 15 is 0 Å². The van der Waals surface area contributed by atoms with Gasteiger partial charge in [0.15, 0.2) is 0 Å². The average Bonchev–Trinajstić information content (AvgIpc) is 2.90. The first-order valence-electron chi connectivity index (χ1n) is 6.46. The van der Waals surface area contributed by atoms with Crippen LogP contribution < -0.4 is 10.1 Å². The van der Waals surface area contributed by atoms with E-state index in [1.807, 2.05) is 42.7 Å². The van der Waals surface area contributed by atoms with Crippen LogP contribution in [0.5, 0.6) is 5.75 Å². The minimum atomic E-state index is 0.0976. The molecule has 4 heteroatoms. The molecule has 1 aliphatic rings. The van der Waals surface area contributed by atoms with Crippen molar-refractivity contribution >= 4 is 32.6 Å². The predicted octanol–water partition coefficient (Wildman–Crippen LogP) is 4.74. The summed E-state index contributed by atoms with van der Waals surface area (Å²) in [4.78, 5) is 0. The number of furan rings is 1. The third kappa shape index (κ3) is 1.88. The summed E-state index contributed by atoms with van der Waals surface area (Å²) in [5.41, 5.74) is 3.04. The Kier molecular flexibility index (Phi) is 2.70. The van der Waals surface area contributed by atoms with Crippen LogP contribution in [0.4, 0.5) is 5.69 Å². The van der Waals surface area contributed by atoms with Gasteiger partial charge in [-0.1, -0.05) is 34.1 Å². The lowest BCUT2D eigenvalue weighted by atomic mass is 10.0. The Morgan fingerprint density at radius 1 is 1.15 bits per heavy atom. The molecule has 0 aliphatic carbocycles. The Bertz CT molecular complexity index is 781. The normalized spacial score (nSPS) is 17.4. The van der Waals surface area contributed by atoms with Crippen LogP contribution in [0.2, 0.25) is 0 Å². The van der Waals surface area contributed by atoms with Crippen LogP contribution in [0.15, 0.2) is 57.6 Å². The number of hydrogen-bond donors (Lipinski definition) is 1. The maximum atomic E-state index is 5.84. The van der Waals surface area contributed by atoms with Crippen molar-refractivity contribution in [3.05, 3.63) is 58.8 Å². The van der Waals surface area contributed by atoms with E-state index in [-0.39, 0.29) is 6.04 Å². The van der Waals surface area contributed by atoms with E-state index in [1.165, 1.54) is 0 Å². The summed E-state index contributed by atoms with van der Waals surface area (Å²) in [6.07, 6.45) is 1.81. The Morgan fingerprint density at radius 3 is 3.00 bits per heavy atom. The molecule has 3 nitrogen and oxygen atoms in total. The molecule has 0 saturated heterocycles. The number of para-hydroxylation sites is 1. The lowest BCUT2D eigenvalue weighted by Gasteiger charge is -2.27. The number of ether oxygens (including phenoxy) is 1. The number of fused-ring (bicyclic) bond motifs is 2. The van der Waals surface area contributed by atoms with Gasteiger partial charge in [-0.15, -0.1) is 0 Å². The molecule has 1 aliphatic heterocycles. The monoisotopic (exact) mass is 329 g/mol. The second-order valence-corrected chi connectivity index (χ2v) is 5.75. The van der Waals surface area contributed by atoms with Gasteiger partial charge in [-0.25, -0.2) is 0 Å². The number of hydrogen-bond acceptors (Lipinski definition) is 3. The fourth-order valence-corrected chi connectivity index (χ4v) is 2.94. The highest BCUT2D eigenvalue weighted by atomic mass is 79.9. The van der Waals surface area contributed by atoms with Gasteiger partial charge in [0.05, 0.1) is 18.0 Å². The third-order valence-electron chi connectivity index (χ3n) is 3.56. The van der Waals surface area contributed by atoms with Crippen molar-refractivity contribution in [1.82, 2.24) is 0 Å². The first-order valence-corrected chi connectivity index (χ1v) is 7.25. The molecule has 0 fully saturated rings. The quantitative estimate of drug-likeness (QED) is 0.700. The van der Waals surface area contributed by atoms with Crippen molar-refractivity contribution in [1.29, 1.82) is 0 Å². The topological polar surface area (TPSA) is 34.4 Å². The highest BCUT2D eigenvalue weighted by molar-refractivity contribution is 9.10. The molecule has 100 valence electrons. The summed E-state index contributed by atoms with van der Waals surface area (Å²) < 4.78 is 12.5. The van der Waals surface area contributed by atoms with Crippen LogP contribution in [0.1, 0.15) is 11.6 Å². The summed E-state index contributed by atoms with van der Waals surface area (Å²) in [5, 5.41) is 4.65. The van der Waals surface area contributed by atoms with Crippen LogP contribution in [0.3, 0.4) is 0 Å². The second kappa shape index (κ2) is 4.56. The zero-order valence-electron chi connectivity index (χ0n) is 10.6. The van der Waals surface area contributed by atoms with Crippen molar-refractivity contribution in [2.45, 2.75) is 6.04 Å². The number of anilines is 1. The molecule has 3 aromatic rings. The predicted molar refractivity (Wildman–Crippen MR) is 82.2 cm³/mol. The molecular formula is C16H12BrNO2. The highest BCUT2D eigenvalue weighted by Crippen LogP contribution is 2.37. The summed E-state index contributed by atoms with van der Waals surface area (Å²) in [7, 11) is 0. The lowest BCUT2D eigenvalue weighted by Crippen LogP contribution is -2.23. The van der Waals surface area contributed by atoms with Crippen molar-refractivity contribution in [2.24, 2.45) is 0 Å². The van der Waals surface area contributed by atoms with Crippen LogP contribution in [0, 0.1) is 0 Å². The molecule has 2 aromatic carbocycles.